The molecule has 0 aromatic heterocycles. The number of benzene rings is 2. The van der Waals surface area contributed by atoms with E-state index in [0.717, 1.165) is 25.7 Å². The number of nitrogens with one attached hydrogen (secondary N) is 1. The van der Waals surface area contributed by atoms with E-state index in [0.29, 0.717) is 15.6 Å². The van der Waals surface area contributed by atoms with E-state index in [1.54, 1.807) is 25.1 Å². The first-order valence-corrected chi connectivity index (χ1v) is 11.9. The molecule has 0 bridgehead atoms. The average Bonchev–Trinajstić information content (AvgIpc) is 2.76. The SMILES string of the molecule is CC(C(=O)NC1CCCCC1)N(Cc1ccc(Cl)cc1Cl)C(=O)Cc1c(F)cccc1Cl. The molecule has 0 radical (unpaired) electrons. The molecular weight excluding hydrogens is 474 g/mol. The van der Waals surface area contributed by atoms with Crippen LogP contribution in [0.1, 0.15) is 50.2 Å². The normalized spacial score (nSPS) is 15.3. The molecule has 32 heavy (non-hydrogen) atoms. The average molecular weight is 500 g/mol. The van der Waals surface area contributed by atoms with Crippen LogP contribution in [0.25, 0.3) is 0 Å². The van der Waals surface area contributed by atoms with Crippen molar-refractivity contribution in [3.63, 3.8) is 0 Å². The minimum atomic E-state index is -0.776. The summed E-state index contributed by atoms with van der Waals surface area (Å²) in [7, 11) is 0. The van der Waals surface area contributed by atoms with Gasteiger partial charge in [0, 0.05) is 33.2 Å². The van der Waals surface area contributed by atoms with Crippen LogP contribution in [-0.2, 0) is 22.6 Å². The molecule has 2 amide bonds. The molecular formula is C24H26Cl3FN2O2. The van der Waals surface area contributed by atoms with Gasteiger partial charge < -0.3 is 10.2 Å². The molecule has 1 unspecified atom stereocenters. The summed E-state index contributed by atoms with van der Waals surface area (Å²) in [4.78, 5) is 27.7. The van der Waals surface area contributed by atoms with E-state index >= 15 is 0 Å². The molecule has 172 valence electrons. The standard InChI is InChI=1S/C24H26Cl3FN2O2/c1-15(24(32)29-18-6-3-2-4-7-18)30(14-16-10-11-17(25)12-21(16)27)23(31)13-19-20(26)8-5-9-22(19)28/h5,8-12,15,18H,2-4,6-7,13-14H2,1H3,(H,29,32). The molecule has 0 aliphatic heterocycles. The molecule has 3 rings (SSSR count). The first-order chi connectivity index (χ1) is 15.3. The number of amides is 2. The van der Waals surface area contributed by atoms with Crippen LogP contribution < -0.4 is 5.32 Å². The number of carbonyl (C=O) groups is 2. The van der Waals surface area contributed by atoms with Gasteiger partial charge in [-0.2, -0.15) is 0 Å². The second kappa shape index (κ2) is 11.4. The van der Waals surface area contributed by atoms with Gasteiger partial charge >= 0.3 is 0 Å². The molecule has 0 spiro atoms. The fourth-order valence-corrected chi connectivity index (χ4v) is 4.64. The predicted molar refractivity (Wildman–Crippen MR) is 127 cm³/mol. The Balaban J connectivity index is 1.83. The van der Waals surface area contributed by atoms with E-state index in [1.807, 2.05) is 0 Å². The molecule has 1 atom stereocenters. The lowest BCUT2D eigenvalue weighted by atomic mass is 9.95. The number of hydrogen-bond acceptors (Lipinski definition) is 2. The van der Waals surface area contributed by atoms with Gasteiger partial charge in [-0.1, -0.05) is 66.2 Å². The highest BCUT2D eigenvalue weighted by Crippen LogP contribution is 2.25. The monoisotopic (exact) mass is 498 g/mol. The maximum Gasteiger partial charge on any atom is 0.242 e. The van der Waals surface area contributed by atoms with E-state index in [1.165, 1.54) is 29.5 Å². The Kier molecular flexibility index (Phi) is 8.80. The third-order valence-corrected chi connectivity index (χ3v) is 6.81. The summed E-state index contributed by atoms with van der Waals surface area (Å²) in [5.41, 5.74) is 0.743. The van der Waals surface area contributed by atoms with Gasteiger partial charge in [-0.15, -0.1) is 0 Å². The van der Waals surface area contributed by atoms with Crippen LogP contribution in [0.3, 0.4) is 0 Å². The molecule has 4 nitrogen and oxygen atoms in total. The van der Waals surface area contributed by atoms with Crippen molar-refractivity contribution in [2.24, 2.45) is 0 Å². The Bertz CT molecular complexity index is 959. The lowest BCUT2D eigenvalue weighted by molar-refractivity contribution is -0.140. The number of hydrogen-bond donors (Lipinski definition) is 1. The van der Waals surface area contributed by atoms with Crippen molar-refractivity contribution in [1.82, 2.24) is 10.2 Å². The molecule has 1 aliphatic rings. The first-order valence-electron chi connectivity index (χ1n) is 10.7. The number of carbonyl (C=O) groups excluding carboxylic acids is 2. The van der Waals surface area contributed by atoms with E-state index in [9.17, 15) is 14.0 Å². The van der Waals surface area contributed by atoms with Gasteiger partial charge in [0.05, 0.1) is 6.42 Å². The molecule has 8 heteroatoms. The smallest absolute Gasteiger partial charge is 0.242 e. The second-order valence-electron chi connectivity index (χ2n) is 8.15. The first kappa shape index (κ1) is 24.8. The highest BCUT2D eigenvalue weighted by Gasteiger charge is 2.29. The quantitative estimate of drug-likeness (QED) is 0.493. The lowest BCUT2D eigenvalue weighted by Crippen LogP contribution is -2.50. The van der Waals surface area contributed by atoms with Gasteiger partial charge in [-0.3, -0.25) is 9.59 Å². The van der Waals surface area contributed by atoms with Gasteiger partial charge in [0.25, 0.3) is 0 Å². The topological polar surface area (TPSA) is 49.4 Å². The van der Waals surface area contributed by atoms with Crippen molar-refractivity contribution >= 4 is 46.6 Å². The van der Waals surface area contributed by atoms with Crippen molar-refractivity contribution < 1.29 is 14.0 Å². The van der Waals surface area contributed by atoms with Crippen molar-refractivity contribution in [2.75, 3.05) is 0 Å². The maximum absolute atomic E-state index is 14.3. The minimum absolute atomic E-state index is 0.0835. The van der Waals surface area contributed by atoms with E-state index < -0.39 is 17.8 Å². The highest BCUT2D eigenvalue weighted by molar-refractivity contribution is 6.35. The third kappa shape index (κ3) is 6.37. The van der Waals surface area contributed by atoms with E-state index in [-0.39, 0.29) is 35.5 Å². The molecule has 0 heterocycles. The van der Waals surface area contributed by atoms with E-state index in [2.05, 4.69) is 5.32 Å². The van der Waals surface area contributed by atoms with Crippen LogP contribution in [-0.4, -0.2) is 28.8 Å². The summed E-state index contributed by atoms with van der Waals surface area (Å²) in [6.07, 6.45) is 4.92. The molecule has 1 N–H and O–H groups in total. The van der Waals surface area contributed by atoms with Gasteiger partial charge in [0.1, 0.15) is 11.9 Å². The summed E-state index contributed by atoms with van der Waals surface area (Å²) < 4.78 is 14.3. The summed E-state index contributed by atoms with van der Waals surface area (Å²) in [6, 6.07) is 8.58. The van der Waals surface area contributed by atoms with Crippen molar-refractivity contribution in [1.29, 1.82) is 0 Å². The Hall–Kier alpha value is -1.82. The summed E-state index contributed by atoms with van der Waals surface area (Å²) in [5, 5.41) is 4.09. The number of halogens is 4. The minimum Gasteiger partial charge on any atom is -0.352 e. The molecule has 2 aromatic rings. The van der Waals surface area contributed by atoms with Crippen LogP contribution in [0.2, 0.25) is 15.1 Å². The largest absolute Gasteiger partial charge is 0.352 e. The zero-order valence-corrected chi connectivity index (χ0v) is 20.1. The Morgan fingerprint density at radius 3 is 2.47 bits per heavy atom. The fraction of sp³-hybridized carbons (Fsp3) is 0.417. The highest BCUT2D eigenvalue weighted by atomic mass is 35.5. The Labute approximate surface area is 203 Å². The van der Waals surface area contributed by atoms with Crippen molar-refractivity contribution in [2.45, 2.75) is 64.1 Å². The van der Waals surface area contributed by atoms with Crippen LogP contribution >= 0.6 is 34.8 Å². The van der Waals surface area contributed by atoms with Crippen LogP contribution in [0.15, 0.2) is 36.4 Å². The second-order valence-corrected chi connectivity index (χ2v) is 9.40. The van der Waals surface area contributed by atoms with Crippen LogP contribution in [0, 0.1) is 5.82 Å². The molecule has 0 saturated heterocycles. The Morgan fingerprint density at radius 1 is 1.09 bits per heavy atom. The van der Waals surface area contributed by atoms with Gasteiger partial charge in [-0.25, -0.2) is 4.39 Å². The summed E-state index contributed by atoms with van der Waals surface area (Å²) in [6.45, 7) is 1.75. The van der Waals surface area contributed by atoms with Gasteiger partial charge in [0.2, 0.25) is 11.8 Å². The van der Waals surface area contributed by atoms with Crippen LogP contribution in [0.5, 0.6) is 0 Å². The molecule has 1 aliphatic carbocycles. The van der Waals surface area contributed by atoms with Crippen molar-refractivity contribution in [3.8, 4) is 0 Å². The van der Waals surface area contributed by atoms with E-state index in [4.69, 9.17) is 34.8 Å². The van der Waals surface area contributed by atoms with Gasteiger partial charge in [0.15, 0.2) is 0 Å². The summed E-state index contributed by atoms with van der Waals surface area (Å²) >= 11 is 18.4. The van der Waals surface area contributed by atoms with Crippen molar-refractivity contribution in [3.05, 3.63) is 68.4 Å². The summed E-state index contributed by atoms with van der Waals surface area (Å²) in [5.74, 6) is -1.22. The fourth-order valence-electron chi connectivity index (χ4n) is 3.94. The predicted octanol–water partition coefficient (Wildman–Crippen LogP) is 6.19. The Morgan fingerprint density at radius 2 is 1.81 bits per heavy atom. The van der Waals surface area contributed by atoms with Crippen LogP contribution in [0.4, 0.5) is 4.39 Å². The lowest BCUT2D eigenvalue weighted by Gasteiger charge is -2.31. The number of nitrogens with zero attached hydrogens (tertiary/aromatic N) is 1. The maximum atomic E-state index is 14.3. The molecule has 1 saturated carbocycles. The molecule has 1 fully saturated rings. The number of rotatable bonds is 7. The zero-order chi connectivity index (χ0) is 23.3. The third-order valence-electron chi connectivity index (χ3n) is 5.86. The van der Waals surface area contributed by atoms with Gasteiger partial charge in [-0.05, 0) is 49.6 Å². The zero-order valence-electron chi connectivity index (χ0n) is 17.8. The molecule has 2 aromatic carbocycles.